The summed E-state index contributed by atoms with van der Waals surface area (Å²) in [5.41, 5.74) is 6.53. The molecule has 0 amide bonds. The van der Waals surface area contributed by atoms with Crippen molar-refractivity contribution in [3.8, 4) is 0 Å². The molecule has 0 aromatic heterocycles. The van der Waals surface area contributed by atoms with E-state index in [1.54, 1.807) is 0 Å². The van der Waals surface area contributed by atoms with Crippen LogP contribution < -0.4 is 4.90 Å². The molecule has 0 bridgehead atoms. The minimum Gasteiger partial charge on any atom is -0.364 e. The quantitative estimate of drug-likeness (QED) is 0.581. The molecule has 0 N–H and O–H groups in total. The van der Waals surface area contributed by atoms with Crippen molar-refractivity contribution >= 4 is 12.0 Å². The molecule has 0 fully saturated rings. The van der Waals surface area contributed by atoms with Gasteiger partial charge in [0, 0.05) is 24.7 Å². The molecule has 4 rings (SSSR count). The molecule has 0 saturated heterocycles. The Morgan fingerprint density at radius 2 is 1.56 bits per heavy atom. The number of anilines is 1. The predicted octanol–water partition coefficient (Wildman–Crippen LogP) is 4.99. The molecule has 0 radical (unpaired) electrons. The normalized spacial score (nSPS) is 16.0. The second-order valence-corrected chi connectivity index (χ2v) is 7.33. The van der Waals surface area contributed by atoms with Crippen LogP contribution in [0.1, 0.15) is 28.7 Å². The number of aldehydes is 1. The number of carbonyl (C=O) groups excluding carboxylic acids is 1. The highest BCUT2D eigenvalue weighted by Gasteiger charge is 2.26. The molecule has 3 aromatic carbocycles. The molecule has 136 valence electrons. The second kappa shape index (κ2) is 8.22. The Kier molecular flexibility index (Phi) is 5.34. The van der Waals surface area contributed by atoms with E-state index in [0.29, 0.717) is 12.5 Å². The maximum atomic E-state index is 10.9. The summed E-state index contributed by atoms with van der Waals surface area (Å²) in [6, 6.07) is 28.5. The summed E-state index contributed by atoms with van der Waals surface area (Å²) in [5, 5.41) is 0. The van der Waals surface area contributed by atoms with Gasteiger partial charge < -0.3 is 9.69 Å². The third kappa shape index (κ3) is 4.11. The Morgan fingerprint density at radius 1 is 0.852 bits per heavy atom. The predicted molar refractivity (Wildman–Crippen MR) is 111 cm³/mol. The van der Waals surface area contributed by atoms with Crippen molar-refractivity contribution < 1.29 is 4.79 Å². The van der Waals surface area contributed by atoms with E-state index in [1.807, 2.05) is 0 Å². The first-order valence-corrected chi connectivity index (χ1v) is 9.73. The number of fused-ring (bicyclic) bond motifs is 1. The second-order valence-electron chi connectivity index (χ2n) is 7.33. The van der Waals surface area contributed by atoms with Crippen LogP contribution >= 0.6 is 0 Å². The van der Waals surface area contributed by atoms with Crippen molar-refractivity contribution in [3.05, 3.63) is 101 Å². The molecule has 1 heterocycles. The summed E-state index contributed by atoms with van der Waals surface area (Å²) in [4.78, 5) is 13.5. The Hall–Kier alpha value is -2.87. The zero-order valence-electron chi connectivity index (χ0n) is 15.6. The molecule has 3 aromatic rings. The van der Waals surface area contributed by atoms with Crippen LogP contribution in [0.25, 0.3) is 0 Å². The van der Waals surface area contributed by atoms with Crippen LogP contribution in [-0.4, -0.2) is 12.3 Å². The Labute approximate surface area is 161 Å². The van der Waals surface area contributed by atoms with Crippen LogP contribution in [0.5, 0.6) is 0 Å². The number of hydrogen-bond donors (Lipinski definition) is 0. The highest BCUT2D eigenvalue weighted by molar-refractivity contribution is 5.61. The van der Waals surface area contributed by atoms with Crippen molar-refractivity contribution in [1.82, 2.24) is 0 Å². The molecule has 1 atom stereocenters. The number of carbonyl (C=O) groups is 1. The lowest BCUT2D eigenvalue weighted by molar-refractivity contribution is -0.107. The van der Waals surface area contributed by atoms with Crippen molar-refractivity contribution in [2.45, 2.75) is 38.3 Å². The Morgan fingerprint density at radius 3 is 2.26 bits per heavy atom. The zero-order valence-corrected chi connectivity index (χ0v) is 15.6. The summed E-state index contributed by atoms with van der Waals surface area (Å²) >= 11 is 0. The van der Waals surface area contributed by atoms with Gasteiger partial charge >= 0.3 is 0 Å². The fraction of sp³-hybridized carbons (Fsp3) is 0.240. The van der Waals surface area contributed by atoms with E-state index in [-0.39, 0.29) is 0 Å². The summed E-state index contributed by atoms with van der Waals surface area (Å²) in [5.74, 6) is 0. The van der Waals surface area contributed by atoms with Crippen molar-refractivity contribution in [3.63, 3.8) is 0 Å². The van der Waals surface area contributed by atoms with Crippen molar-refractivity contribution in [2.75, 3.05) is 4.90 Å². The smallest absolute Gasteiger partial charge is 0.124 e. The minimum absolute atomic E-state index is 0.483. The van der Waals surface area contributed by atoms with Crippen LogP contribution in [0, 0.1) is 0 Å². The minimum atomic E-state index is 0.483. The number of benzene rings is 3. The molecular weight excluding hydrogens is 330 g/mol. The van der Waals surface area contributed by atoms with E-state index in [9.17, 15) is 4.79 Å². The summed E-state index contributed by atoms with van der Waals surface area (Å²) < 4.78 is 0. The molecule has 1 aliphatic rings. The van der Waals surface area contributed by atoms with E-state index in [0.717, 1.165) is 37.7 Å². The van der Waals surface area contributed by atoms with E-state index >= 15 is 0 Å². The SMILES string of the molecule is O=CCc1ccc2c(c1)CCC(Cc1ccccc1)N2Cc1ccccc1. The van der Waals surface area contributed by atoms with Gasteiger partial charge in [-0.2, -0.15) is 0 Å². The van der Waals surface area contributed by atoms with Crippen LogP contribution in [0.15, 0.2) is 78.9 Å². The standard InChI is InChI=1S/C25H25NO/c27-16-15-21-11-14-25-23(17-21)12-13-24(18-20-7-3-1-4-8-20)26(25)19-22-9-5-2-6-10-22/h1-11,14,16-17,24H,12-13,15,18-19H2. The Balaban J connectivity index is 1.66. The molecule has 0 spiro atoms. The molecule has 1 aliphatic heterocycles. The third-order valence-corrected chi connectivity index (χ3v) is 5.47. The van der Waals surface area contributed by atoms with Gasteiger partial charge in [-0.15, -0.1) is 0 Å². The molecule has 0 aliphatic carbocycles. The van der Waals surface area contributed by atoms with Gasteiger partial charge in [-0.3, -0.25) is 0 Å². The van der Waals surface area contributed by atoms with Gasteiger partial charge in [0.05, 0.1) is 0 Å². The van der Waals surface area contributed by atoms with Crippen LogP contribution in [0.4, 0.5) is 5.69 Å². The van der Waals surface area contributed by atoms with Gasteiger partial charge in [0.25, 0.3) is 0 Å². The summed E-state index contributed by atoms with van der Waals surface area (Å²) in [6.07, 6.45) is 4.76. The number of rotatable bonds is 6. The van der Waals surface area contributed by atoms with E-state index in [4.69, 9.17) is 0 Å². The van der Waals surface area contributed by atoms with Gasteiger partial charge in [-0.1, -0.05) is 72.8 Å². The average molecular weight is 355 g/mol. The summed E-state index contributed by atoms with van der Waals surface area (Å²) in [7, 11) is 0. The Bertz CT molecular complexity index is 889. The molecule has 27 heavy (non-hydrogen) atoms. The van der Waals surface area contributed by atoms with Crippen molar-refractivity contribution in [2.24, 2.45) is 0 Å². The topological polar surface area (TPSA) is 20.3 Å². The fourth-order valence-corrected chi connectivity index (χ4v) is 4.11. The number of aryl methyl sites for hydroxylation is 1. The highest BCUT2D eigenvalue weighted by atomic mass is 16.1. The van der Waals surface area contributed by atoms with Gasteiger partial charge in [0.1, 0.15) is 6.29 Å². The lowest BCUT2D eigenvalue weighted by atomic mass is 9.90. The first-order valence-electron chi connectivity index (χ1n) is 9.73. The van der Waals surface area contributed by atoms with Gasteiger partial charge in [-0.25, -0.2) is 0 Å². The fourth-order valence-electron chi connectivity index (χ4n) is 4.11. The highest BCUT2D eigenvalue weighted by Crippen LogP contribution is 2.34. The van der Waals surface area contributed by atoms with Gasteiger partial charge in [0.15, 0.2) is 0 Å². The van der Waals surface area contributed by atoms with E-state index in [2.05, 4.69) is 83.8 Å². The summed E-state index contributed by atoms with van der Waals surface area (Å²) in [6.45, 7) is 0.915. The lowest BCUT2D eigenvalue weighted by Gasteiger charge is -2.39. The third-order valence-electron chi connectivity index (χ3n) is 5.47. The zero-order chi connectivity index (χ0) is 18.5. The maximum Gasteiger partial charge on any atom is 0.124 e. The average Bonchev–Trinajstić information content (AvgIpc) is 2.71. The van der Waals surface area contributed by atoms with Crippen molar-refractivity contribution in [1.29, 1.82) is 0 Å². The molecule has 2 heteroatoms. The first-order chi connectivity index (χ1) is 13.3. The van der Waals surface area contributed by atoms with Crippen LogP contribution in [-0.2, 0) is 30.6 Å². The molecule has 0 saturated carbocycles. The van der Waals surface area contributed by atoms with Crippen LogP contribution in [0.2, 0.25) is 0 Å². The van der Waals surface area contributed by atoms with Gasteiger partial charge in [0.2, 0.25) is 0 Å². The molecular formula is C25H25NO. The largest absolute Gasteiger partial charge is 0.364 e. The van der Waals surface area contributed by atoms with E-state index < -0.39 is 0 Å². The van der Waals surface area contributed by atoms with Crippen LogP contribution in [0.3, 0.4) is 0 Å². The molecule has 2 nitrogen and oxygen atoms in total. The number of nitrogens with zero attached hydrogens (tertiary/aromatic N) is 1. The first kappa shape index (κ1) is 17.5. The lowest BCUT2D eigenvalue weighted by Crippen LogP contribution is -2.40. The monoisotopic (exact) mass is 355 g/mol. The number of hydrogen-bond acceptors (Lipinski definition) is 2. The van der Waals surface area contributed by atoms with Gasteiger partial charge in [-0.05, 0) is 47.6 Å². The maximum absolute atomic E-state index is 10.9. The van der Waals surface area contributed by atoms with E-state index in [1.165, 1.54) is 22.4 Å². The molecule has 1 unspecified atom stereocenters.